The Hall–Kier alpha value is -2.80. The van der Waals surface area contributed by atoms with E-state index >= 15 is 0 Å². The van der Waals surface area contributed by atoms with Crippen molar-refractivity contribution in [3.8, 4) is 0 Å². The second kappa shape index (κ2) is 8.05. The molecule has 0 aliphatic carbocycles. The van der Waals surface area contributed by atoms with Crippen molar-refractivity contribution < 1.29 is 14.3 Å². The molecular weight excluding hydrogens is 398 g/mol. The number of benzene rings is 2. The lowest BCUT2D eigenvalue weighted by molar-refractivity contribution is -0.124. The maximum atomic E-state index is 12.4. The summed E-state index contributed by atoms with van der Waals surface area (Å²) in [5, 5.41) is 2.75. The minimum absolute atomic E-state index is 0.0656. The van der Waals surface area contributed by atoms with Crippen LogP contribution in [0.15, 0.2) is 59.2 Å². The van der Waals surface area contributed by atoms with Gasteiger partial charge in [-0.25, -0.2) is 9.78 Å². The molecule has 1 N–H and O–H groups in total. The van der Waals surface area contributed by atoms with Crippen LogP contribution in [0.4, 0.5) is 5.69 Å². The number of nitrogens with zero attached hydrogens (tertiary/aromatic N) is 2. The van der Waals surface area contributed by atoms with Gasteiger partial charge in [-0.15, -0.1) is 0 Å². The molecule has 3 rings (SSSR count). The van der Waals surface area contributed by atoms with Crippen LogP contribution in [0.2, 0.25) is 0 Å². The van der Waals surface area contributed by atoms with Gasteiger partial charge in [-0.05, 0) is 46.6 Å². The highest BCUT2D eigenvalue weighted by atomic mass is 79.9. The molecule has 0 bridgehead atoms. The summed E-state index contributed by atoms with van der Waals surface area (Å²) in [6, 6.07) is 14.4. The largest absolute Gasteiger partial charge is 0.447 e. The van der Waals surface area contributed by atoms with Crippen LogP contribution < -0.4 is 5.32 Å². The number of carbonyl (C=O) groups excluding carboxylic acids is 2. The van der Waals surface area contributed by atoms with E-state index in [1.807, 2.05) is 24.3 Å². The summed E-state index contributed by atoms with van der Waals surface area (Å²) in [4.78, 5) is 33.2. The lowest BCUT2D eigenvalue weighted by Gasteiger charge is -2.16. The molecule has 1 amide bonds. The maximum absolute atomic E-state index is 12.4. The van der Waals surface area contributed by atoms with Gasteiger partial charge in [0.1, 0.15) is 0 Å². The van der Waals surface area contributed by atoms with Gasteiger partial charge in [-0.3, -0.25) is 9.78 Å². The average Bonchev–Trinajstić information content (AvgIpc) is 2.67. The summed E-state index contributed by atoms with van der Waals surface area (Å²) in [5.74, 6) is -1.08. The van der Waals surface area contributed by atoms with Gasteiger partial charge in [0, 0.05) is 4.47 Å². The highest BCUT2D eigenvalue weighted by molar-refractivity contribution is 9.10. The Labute approximate surface area is 158 Å². The number of nitrogens with one attached hydrogen (secondary N) is 1. The minimum Gasteiger partial charge on any atom is -0.447 e. The molecular formula is C19H16BrN3O3. The van der Waals surface area contributed by atoms with E-state index in [0.717, 1.165) is 4.47 Å². The predicted octanol–water partition coefficient (Wildman–Crippen LogP) is 3.97. The van der Waals surface area contributed by atoms with Crippen molar-refractivity contribution in [3.63, 3.8) is 0 Å². The van der Waals surface area contributed by atoms with E-state index in [-0.39, 0.29) is 5.69 Å². The molecule has 0 spiro atoms. The first-order chi connectivity index (χ1) is 12.6. The molecule has 1 unspecified atom stereocenters. The number of amides is 1. The fourth-order valence-corrected chi connectivity index (χ4v) is 2.73. The Kier molecular flexibility index (Phi) is 5.58. The van der Waals surface area contributed by atoms with E-state index in [9.17, 15) is 9.59 Å². The molecule has 0 aliphatic heterocycles. The van der Waals surface area contributed by atoms with Crippen molar-refractivity contribution in [1.82, 2.24) is 9.97 Å². The third-order valence-corrected chi connectivity index (χ3v) is 4.39. The topological polar surface area (TPSA) is 81.2 Å². The number of aromatic nitrogens is 2. The second-order valence-electron chi connectivity index (χ2n) is 5.52. The molecule has 0 saturated heterocycles. The second-order valence-corrected chi connectivity index (χ2v) is 6.37. The van der Waals surface area contributed by atoms with E-state index in [4.69, 9.17) is 4.74 Å². The van der Waals surface area contributed by atoms with Crippen molar-refractivity contribution in [2.45, 2.75) is 19.4 Å². The highest BCUT2D eigenvalue weighted by Gasteiger charge is 2.23. The zero-order chi connectivity index (χ0) is 18.5. The number of esters is 1. The molecule has 2 aromatic carbocycles. The van der Waals surface area contributed by atoms with Gasteiger partial charge in [-0.2, -0.15) is 0 Å². The zero-order valence-electron chi connectivity index (χ0n) is 14.0. The van der Waals surface area contributed by atoms with Gasteiger partial charge < -0.3 is 10.1 Å². The number of ether oxygens (including phenoxy) is 1. The van der Waals surface area contributed by atoms with Crippen molar-refractivity contribution in [2.75, 3.05) is 5.32 Å². The Morgan fingerprint density at radius 2 is 1.81 bits per heavy atom. The van der Waals surface area contributed by atoms with Crippen LogP contribution in [-0.2, 0) is 9.53 Å². The number of carbonyl (C=O) groups is 2. The van der Waals surface area contributed by atoms with Gasteiger partial charge >= 0.3 is 5.97 Å². The smallest absolute Gasteiger partial charge is 0.359 e. The summed E-state index contributed by atoms with van der Waals surface area (Å²) in [6.45, 7) is 1.77. The van der Waals surface area contributed by atoms with Crippen LogP contribution in [0.5, 0.6) is 0 Å². The Bertz CT molecular complexity index is 961. The van der Waals surface area contributed by atoms with Gasteiger partial charge in [0.25, 0.3) is 5.91 Å². The summed E-state index contributed by atoms with van der Waals surface area (Å²) in [7, 11) is 0. The SMILES string of the molecule is CCC(OC(=O)c1cnc2ccccc2n1)C(=O)Nc1ccccc1Br. The maximum Gasteiger partial charge on any atom is 0.359 e. The molecule has 1 atom stereocenters. The minimum atomic E-state index is -0.928. The van der Waals surface area contributed by atoms with Crippen LogP contribution in [0.3, 0.4) is 0 Å². The Balaban J connectivity index is 1.72. The van der Waals surface area contributed by atoms with E-state index in [1.165, 1.54) is 6.20 Å². The van der Waals surface area contributed by atoms with Crippen molar-refractivity contribution in [1.29, 1.82) is 0 Å². The third-order valence-electron chi connectivity index (χ3n) is 3.70. The van der Waals surface area contributed by atoms with E-state index in [2.05, 4.69) is 31.2 Å². The summed E-state index contributed by atoms with van der Waals surface area (Å²) in [5.41, 5.74) is 1.95. The molecule has 3 aromatic rings. The quantitative estimate of drug-likeness (QED) is 0.639. The lowest BCUT2D eigenvalue weighted by atomic mass is 10.2. The molecule has 6 nitrogen and oxygen atoms in total. The van der Waals surface area contributed by atoms with Crippen LogP contribution in [0.1, 0.15) is 23.8 Å². The predicted molar refractivity (Wildman–Crippen MR) is 102 cm³/mol. The first kappa shape index (κ1) is 18.0. The van der Waals surface area contributed by atoms with E-state index < -0.39 is 18.0 Å². The van der Waals surface area contributed by atoms with Crippen LogP contribution in [-0.4, -0.2) is 27.9 Å². The van der Waals surface area contributed by atoms with Crippen LogP contribution >= 0.6 is 15.9 Å². The standard InChI is InChI=1S/C19H16BrN3O3/c1-2-17(18(24)23-13-8-4-3-7-12(13)20)26-19(25)16-11-21-14-9-5-6-10-15(14)22-16/h3-11,17H,2H2,1H3,(H,23,24). The number of para-hydroxylation sites is 3. The molecule has 0 fully saturated rings. The van der Waals surface area contributed by atoms with Crippen molar-refractivity contribution in [2.24, 2.45) is 0 Å². The number of anilines is 1. The molecule has 1 heterocycles. The van der Waals surface area contributed by atoms with E-state index in [1.54, 1.807) is 31.2 Å². The molecule has 0 aliphatic rings. The number of rotatable bonds is 5. The molecule has 7 heteroatoms. The van der Waals surface area contributed by atoms with Crippen LogP contribution in [0, 0.1) is 0 Å². The first-order valence-electron chi connectivity index (χ1n) is 8.06. The molecule has 0 radical (unpaired) electrons. The third kappa shape index (κ3) is 4.05. The van der Waals surface area contributed by atoms with Crippen LogP contribution in [0.25, 0.3) is 11.0 Å². The van der Waals surface area contributed by atoms with E-state index in [0.29, 0.717) is 23.1 Å². The first-order valence-corrected chi connectivity index (χ1v) is 8.86. The Morgan fingerprint density at radius 3 is 2.54 bits per heavy atom. The number of hydrogen-bond acceptors (Lipinski definition) is 5. The normalized spacial score (nSPS) is 11.8. The van der Waals surface area contributed by atoms with Crippen molar-refractivity contribution >= 4 is 44.5 Å². The summed E-state index contributed by atoms with van der Waals surface area (Å²) >= 11 is 3.37. The molecule has 0 saturated carbocycles. The summed E-state index contributed by atoms with van der Waals surface area (Å²) < 4.78 is 6.09. The molecule has 132 valence electrons. The number of hydrogen-bond donors (Lipinski definition) is 1. The van der Waals surface area contributed by atoms with Gasteiger partial charge in [-0.1, -0.05) is 31.2 Å². The zero-order valence-corrected chi connectivity index (χ0v) is 15.6. The Morgan fingerprint density at radius 1 is 1.12 bits per heavy atom. The molecule has 26 heavy (non-hydrogen) atoms. The number of halogens is 1. The monoisotopic (exact) mass is 413 g/mol. The van der Waals surface area contributed by atoms with Gasteiger partial charge in [0.15, 0.2) is 11.8 Å². The highest BCUT2D eigenvalue weighted by Crippen LogP contribution is 2.22. The number of fused-ring (bicyclic) bond motifs is 1. The fraction of sp³-hybridized carbons (Fsp3) is 0.158. The van der Waals surface area contributed by atoms with Crippen molar-refractivity contribution in [3.05, 3.63) is 64.9 Å². The average molecular weight is 414 g/mol. The van der Waals surface area contributed by atoms with Gasteiger partial charge in [0.2, 0.25) is 0 Å². The summed E-state index contributed by atoms with van der Waals surface area (Å²) in [6.07, 6.45) is 0.759. The lowest BCUT2D eigenvalue weighted by Crippen LogP contribution is -2.32. The molecule has 1 aromatic heterocycles. The fourth-order valence-electron chi connectivity index (χ4n) is 2.34. The van der Waals surface area contributed by atoms with Gasteiger partial charge in [0.05, 0.1) is 22.9 Å².